The number of ether oxygens (including phenoxy) is 1. The van der Waals surface area contributed by atoms with Crippen LogP contribution >= 0.6 is 11.3 Å². The predicted molar refractivity (Wildman–Crippen MR) is 140 cm³/mol. The van der Waals surface area contributed by atoms with Crippen LogP contribution in [0, 0.1) is 0 Å². The lowest BCUT2D eigenvalue weighted by Crippen LogP contribution is -2.26. The Morgan fingerprint density at radius 1 is 1.06 bits per heavy atom. The van der Waals surface area contributed by atoms with Crippen LogP contribution in [-0.4, -0.2) is 30.0 Å². The van der Waals surface area contributed by atoms with Crippen molar-refractivity contribution < 1.29 is 18.7 Å². The number of nitrogens with zero attached hydrogens (tertiary/aromatic N) is 3. The molecule has 3 aromatic carbocycles. The van der Waals surface area contributed by atoms with Gasteiger partial charge in [-0.15, -0.1) is 0 Å². The largest absolute Gasteiger partial charge is 0.497 e. The van der Waals surface area contributed by atoms with Gasteiger partial charge in [-0.3, -0.25) is 14.4 Å². The number of carbonyl (C=O) groups is 2. The van der Waals surface area contributed by atoms with E-state index in [4.69, 9.17) is 9.15 Å². The molecule has 178 valence electrons. The normalized spacial score (nSPS) is 11.3. The quantitative estimate of drug-likeness (QED) is 0.179. The van der Waals surface area contributed by atoms with Crippen LogP contribution in [0.2, 0.25) is 0 Å². The molecule has 8 nitrogen and oxygen atoms in total. The van der Waals surface area contributed by atoms with E-state index >= 15 is 0 Å². The third-order valence-corrected chi connectivity index (χ3v) is 6.51. The number of thiazole rings is 1. The van der Waals surface area contributed by atoms with Crippen LogP contribution in [0.5, 0.6) is 5.75 Å². The first-order valence-corrected chi connectivity index (χ1v) is 11.7. The lowest BCUT2D eigenvalue weighted by molar-refractivity contribution is 0.0983. The van der Waals surface area contributed by atoms with Gasteiger partial charge in [0, 0.05) is 11.1 Å². The lowest BCUT2D eigenvalue weighted by Gasteiger charge is -2.14. The third-order valence-electron chi connectivity index (χ3n) is 5.52. The number of amides is 1. The standard InChI is InChI=1S/C27H19N3O5S/c1-16(31)17-7-9-18(10-8-17)26(33)30(27-29-22-12-11-20(34-2)13-24(22)36-27)28-14-19-15-35-23-6-4-3-5-21(23)25(19)32/h3-15H,1-2H3/b28-14+. The minimum Gasteiger partial charge on any atom is -0.497 e. The molecule has 0 radical (unpaired) electrons. The van der Waals surface area contributed by atoms with Gasteiger partial charge in [-0.25, -0.2) is 4.98 Å². The molecule has 5 rings (SSSR count). The summed E-state index contributed by atoms with van der Waals surface area (Å²) in [6.45, 7) is 1.46. The highest BCUT2D eigenvalue weighted by atomic mass is 32.1. The number of aromatic nitrogens is 1. The van der Waals surface area contributed by atoms with Crippen LogP contribution in [0.25, 0.3) is 21.2 Å². The SMILES string of the molecule is COc1ccc2nc(N(/N=C/c3coc4ccccc4c3=O)C(=O)c3ccc(C(C)=O)cc3)sc2c1. The number of benzene rings is 3. The van der Waals surface area contributed by atoms with Crippen molar-refractivity contribution in [2.45, 2.75) is 6.92 Å². The van der Waals surface area contributed by atoms with E-state index in [1.807, 2.05) is 6.07 Å². The summed E-state index contributed by atoms with van der Waals surface area (Å²) in [5, 5.41) is 6.20. The third kappa shape index (κ3) is 4.39. The van der Waals surface area contributed by atoms with E-state index in [9.17, 15) is 14.4 Å². The van der Waals surface area contributed by atoms with Gasteiger partial charge in [0.15, 0.2) is 5.78 Å². The second kappa shape index (κ2) is 9.55. The second-order valence-corrected chi connectivity index (χ2v) is 8.85. The van der Waals surface area contributed by atoms with Crippen molar-refractivity contribution in [3.05, 3.63) is 99.9 Å². The molecule has 1 amide bonds. The molecule has 0 bridgehead atoms. The fourth-order valence-corrected chi connectivity index (χ4v) is 4.52. The molecule has 2 heterocycles. The van der Waals surface area contributed by atoms with Crippen LogP contribution in [0.15, 0.2) is 87.3 Å². The van der Waals surface area contributed by atoms with Crippen LogP contribution in [0.3, 0.4) is 0 Å². The van der Waals surface area contributed by atoms with Gasteiger partial charge in [0.05, 0.1) is 34.5 Å². The molecular formula is C27H19N3O5S. The molecule has 9 heteroatoms. The summed E-state index contributed by atoms with van der Waals surface area (Å²) < 4.78 is 11.7. The molecule has 0 N–H and O–H groups in total. The fourth-order valence-electron chi connectivity index (χ4n) is 3.57. The minimum atomic E-state index is -0.474. The van der Waals surface area contributed by atoms with Crippen molar-refractivity contribution in [3.63, 3.8) is 0 Å². The van der Waals surface area contributed by atoms with E-state index in [1.165, 1.54) is 30.7 Å². The summed E-state index contributed by atoms with van der Waals surface area (Å²) in [5.41, 5.74) is 1.83. The summed E-state index contributed by atoms with van der Waals surface area (Å²) in [4.78, 5) is 42.6. The van der Waals surface area contributed by atoms with Crippen LogP contribution < -0.4 is 15.2 Å². The molecule has 0 saturated heterocycles. The highest BCUT2D eigenvalue weighted by Gasteiger charge is 2.22. The lowest BCUT2D eigenvalue weighted by atomic mass is 10.1. The maximum Gasteiger partial charge on any atom is 0.280 e. The first kappa shape index (κ1) is 23.1. The van der Waals surface area contributed by atoms with Crippen molar-refractivity contribution in [3.8, 4) is 5.75 Å². The Morgan fingerprint density at radius 3 is 2.56 bits per heavy atom. The number of para-hydroxylation sites is 1. The number of anilines is 1. The Morgan fingerprint density at radius 2 is 1.81 bits per heavy atom. The van der Waals surface area contributed by atoms with Crippen molar-refractivity contribution in [2.24, 2.45) is 5.10 Å². The van der Waals surface area contributed by atoms with E-state index in [0.717, 1.165) is 9.71 Å². The average molecular weight is 498 g/mol. The molecule has 2 aromatic heterocycles. The highest BCUT2D eigenvalue weighted by Crippen LogP contribution is 2.32. The number of hydrogen-bond donors (Lipinski definition) is 0. The summed E-state index contributed by atoms with van der Waals surface area (Å²) in [5.74, 6) is 0.0808. The molecule has 0 spiro atoms. The fraction of sp³-hybridized carbons (Fsp3) is 0.0741. The molecule has 0 aliphatic carbocycles. The van der Waals surface area contributed by atoms with Gasteiger partial charge in [0.2, 0.25) is 10.6 Å². The maximum atomic E-state index is 13.5. The van der Waals surface area contributed by atoms with E-state index in [2.05, 4.69) is 10.1 Å². The minimum absolute atomic E-state index is 0.105. The van der Waals surface area contributed by atoms with E-state index in [1.54, 1.807) is 67.8 Å². The molecular weight excluding hydrogens is 478 g/mol. The zero-order valence-corrected chi connectivity index (χ0v) is 20.1. The number of rotatable bonds is 6. The van der Waals surface area contributed by atoms with Crippen LogP contribution in [0.4, 0.5) is 5.13 Å². The first-order chi connectivity index (χ1) is 17.4. The average Bonchev–Trinajstić information content (AvgIpc) is 3.33. The van der Waals surface area contributed by atoms with E-state index < -0.39 is 5.91 Å². The van der Waals surface area contributed by atoms with Crippen LogP contribution in [0.1, 0.15) is 33.2 Å². The Bertz CT molecular complexity index is 1700. The zero-order valence-electron chi connectivity index (χ0n) is 19.3. The number of carbonyl (C=O) groups excluding carboxylic acids is 2. The van der Waals surface area contributed by atoms with Crippen molar-refractivity contribution >= 4 is 55.6 Å². The number of fused-ring (bicyclic) bond motifs is 2. The number of hydrogen-bond acceptors (Lipinski definition) is 8. The first-order valence-electron chi connectivity index (χ1n) is 10.9. The van der Waals surface area contributed by atoms with Gasteiger partial charge in [0.1, 0.15) is 17.6 Å². The van der Waals surface area contributed by atoms with Gasteiger partial charge in [0.25, 0.3) is 5.91 Å². The maximum absolute atomic E-state index is 13.5. The van der Waals surface area contributed by atoms with Gasteiger partial charge in [-0.1, -0.05) is 35.6 Å². The number of ketones is 1. The topological polar surface area (TPSA) is 102 Å². The Hall–Kier alpha value is -4.63. The Kier molecular flexibility index (Phi) is 6.14. The van der Waals surface area contributed by atoms with Gasteiger partial charge in [-0.05, 0) is 49.4 Å². The predicted octanol–water partition coefficient (Wildman–Crippen LogP) is 5.29. The van der Waals surface area contributed by atoms with Crippen molar-refractivity contribution in [1.29, 1.82) is 0 Å². The summed E-state index contributed by atoms with van der Waals surface area (Å²) in [6.07, 6.45) is 2.59. The molecule has 0 fully saturated rings. The van der Waals surface area contributed by atoms with Gasteiger partial charge >= 0.3 is 0 Å². The smallest absolute Gasteiger partial charge is 0.280 e. The molecule has 5 aromatic rings. The van der Waals surface area contributed by atoms with Crippen LogP contribution in [-0.2, 0) is 0 Å². The zero-order chi connectivity index (χ0) is 25.2. The summed E-state index contributed by atoms with van der Waals surface area (Å²) in [7, 11) is 1.57. The summed E-state index contributed by atoms with van der Waals surface area (Å²) >= 11 is 1.25. The van der Waals surface area contributed by atoms with E-state index in [-0.39, 0.29) is 16.8 Å². The molecule has 0 saturated carbocycles. The second-order valence-electron chi connectivity index (χ2n) is 7.84. The highest BCUT2D eigenvalue weighted by molar-refractivity contribution is 7.22. The Balaban J connectivity index is 1.58. The van der Waals surface area contributed by atoms with Gasteiger partial charge in [-0.2, -0.15) is 10.1 Å². The monoisotopic (exact) mass is 497 g/mol. The molecule has 0 atom stereocenters. The molecule has 0 aliphatic heterocycles. The number of hydrazone groups is 1. The molecule has 0 unspecified atom stereocenters. The van der Waals surface area contributed by atoms with E-state index in [0.29, 0.717) is 38.5 Å². The van der Waals surface area contributed by atoms with Gasteiger partial charge < -0.3 is 9.15 Å². The molecule has 0 aliphatic rings. The Labute approximate surface area is 209 Å². The number of methoxy groups -OCH3 is 1. The summed E-state index contributed by atoms with van der Waals surface area (Å²) in [6, 6.07) is 18.6. The van der Waals surface area contributed by atoms with Crippen molar-refractivity contribution in [2.75, 3.05) is 12.1 Å². The van der Waals surface area contributed by atoms with Crippen molar-refractivity contribution in [1.82, 2.24) is 4.98 Å². The number of Topliss-reactive ketones (excluding diaryl/α,β-unsaturated/α-hetero) is 1. The molecule has 36 heavy (non-hydrogen) atoms.